The lowest BCUT2D eigenvalue weighted by Gasteiger charge is -2.51. The van der Waals surface area contributed by atoms with Crippen LogP contribution in [-0.2, 0) is 0 Å². The highest BCUT2D eigenvalue weighted by atomic mass is 35.5. The van der Waals surface area contributed by atoms with Gasteiger partial charge in [0.25, 0.3) is 5.91 Å². The summed E-state index contributed by atoms with van der Waals surface area (Å²) in [6, 6.07) is 14.8. The van der Waals surface area contributed by atoms with Crippen molar-refractivity contribution in [1.29, 1.82) is 5.26 Å². The van der Waals surface area contributed by atoms with Gasteiger partial charge in [0.2, 0.25) is 0 Å². The van der Waals surface area contributed by atoms with E-state index in [9.17, 15) is 4.79 Å². The average molecular weight is 817 g/mol. The second-order valence-corrected chi connectivity index (χ2v) is 17.8. The summed E-state index contributed by atoms with van der Waals surface area (Å²) in [4.78, 5) is 26.6. The SMILES string of the molecule is Cc1sc2c(c1C)C(c1ccc(OC3CC4(CCN(c5ccc(C(=O)N[C@H]6CC[C@H](Oc7ccc(C#N)c(Cl)c7)CC6)nn5)CC4)C3)cn1)=N[C@@H](C)c1nnc(C)n1-2. The number of ether oxygens (including phenoxy) is 2. The number of hydrogen-bond donors (Lipinski definition) is 1. The first-order valence-corrected chi connectivity index (χ1v) is 21.3. The number of benzene rings is 1. The molecule has 1 atom stereocenters. The van der Waals surface area contributed by atoms with Crippen LogP contribution in [0.25, 0.3) is 5.00 Å². The molecule has 1 amide bonds. The van der Waals surface area contributed by atoms with Gasteiger partial charge in [-0.25, -0.2) is 0 Å². The lowest BCUT2D eigenvalue weighted by atomic mass is 9.61. The van der Waals surface area contributed by atoms with Gasteiger partial charge in [0.15, 0.2) is 17.3 Å². The first-order valence-electron chi connectivity index (χ1n) is 20.1. The van der Waals surface area contributed by atoms with E-state index in [4.69, 9.17) is 36.3 Å². The number of halogens is 1. The van der Waals surface area contributed by atoms with Gasteiger partial charge in [0, 0.05) is 35.6 Å². The molecule has 2 saturated carbocycles. The van der Waals surface area contributed by atoms with Crippen LogP contribution in [0.5, 0.6) is 11.5 Å². The highest BCUT2D eigenvalue weighted by Crippen LogP contribution is 2.50. The molecular weight excluding hydrogens is 772 g/mol. The van der Waals surface area contributed by atoms with Crippen LogP contribution in [0.15, 0.2) is 53.7 Å². The lowest BCUT2D eigenvalue weighted by Crippen LogP contribution is -2.51. The number of fused-ring (bicyclic) bond motifs is 3. The van der Waals surface area contributed by atoms with Crippen LogP contribution in [0.2, 0.25) is 5.02 Å². The number of carbonyl (C=O) groups excluding carboxylic acids is 1. The Morgan fingerprint density at radius 1 is 0.948 bits per heavy atom. The number of carbonyl (C=O) groups is 1. The number of aryl methyl sites for hydroxylation is 2. The number of piperidine rings is 1. The van der Waals surface area contributed by atoms with Crippen LogP contribution < -0.4 is 19.7 Å². The van der Waals surface area contributed by atoms with Crippen LogP contribution in [0.3, 0.4) is 0 Å². The predicted octanol–water partition coefficient (Wildman–Crippen LogP) is 7.82. The third-order valence-electron chi connectivity index (χ3n) is 12.4. The number of thiophene rings is 1. The molecule has 5 aromatic rings. The standard InChI is InChI=1S/C43H45ClN10O3S/c1-24-26(3)58-42-38(24)39(47-25(2)40-52-49-27(4)54(40)42)35-12-11-32(23-46-35)57-33-20-43(21-33)15-17-53(18-16-43)37-14-13-36(50-51-37)41(55)48-29-6-9-30(10-7-29)56-31-8-5-28(22-45)34(44)19-31/h5,8,11-14,19,23,25,29-30,33H,6-7,9-10,15-18,20-21H2,1-4H3,(H,48,55)/t25-,29-,30-/m0/s1. The van der Waals surface area contributed by atoms with Gasteiger partial charge in [0.1, 0.15) is 34.4 Å². The summed E-state index contributed by atoms with van der Waals surface area (Å²) in [6.45, 7) is 10.1. The van der Waals surface area contributed by atoms with Gasteiger partial charge in [-0.05, 0) is 126 Å². The Morgan fingerprint density at radius 2 is 1.71 bits per heavy atom. The number of nitrogens with one attached hydrogen (secondary N) is 1. The maximum Gasteiger partial charge on any atom is 0.272 e. The number of amides is 1. The topological polar surface area (TPSA) is 156 Å². The molecule has 1 aromatic carbocycles. The summed E-state index contributed by atoms with van der Waals surface area (Å²) in [5.41, 5.74) is 5.03. The number of hydrogen-bond acceptors (Lipinski definition) is 12. The lowest BCUT2D eigenvalue weighted by molar-refractivity contribution is -0.0312. The second-order valence-electron chi connectivity index (χ2n) is 16.2. The van der Waals surface area contributed by atoms with Crippen LogP contribution in [0, 0.1) is 37.5 Å². The molecule has 4 aromatic heterocycles. The number of nitriles is 1. The molecule has 0 unspecified atom stereocenters. The van der Waals surface area contributed by atoms with E-state index in [-0.39, 0.29) is 35.6 Å². The van der Waals surface area contributed by atoms with Gasteiger partial charge in [-0.1, -0.05) is 11.6 Å². The summed E-state index contributed by atoms with van der Waals surface area (Å²) >= 11 is 7.91. The molecule has 1 N–H and O–H groups in total. The van der Waals surface area contributed by atoms with Crippen molar-refractivity contribution in [3.05, 3.63) is 98.3 Å². The fourth-order valence-corrected chi connectivity index (χ4v) is 10.3. The Kier molecular flexibility index (Phi) is 10.1. The fraction of sp³-hybridized carbons (Fsp3) is 0.442. The molecule has 6 heterocycles. The third-order valence-corrected chi connectivity index (χ3v) is 13.9. The van der Waals surface area contributed by atoms with E-state index < -0.39 is 0 Å². The van der Waals surface area contributed by atoms with Gasteiger partial charge in [-0.15, -0.1) is 31.7 Å². The van der Waals surface area contributed by atoms with E-state index >= 15 is 0 Å². The molecule has 9 rings (SSSR count). The molecule has 58 heavy (non-hydrogen) atoms. The van der Waals surface area contributed by atoms with Crippen molar-refractivity contribution in [2.75, 3.05) is 18.0 Å². The Morgan fingerprint density at radius 3 is 2.40 bits per heavy atom. The fourth-order valence-electron chi connectivity index (χ4n) is 8.90. The zero-order chi connectivity index (χ0) is 40.1. The Labute approximate surface area is 346 Å². The van der Waals surface area contributed by atoms with E-state index in [0.29, 0.717) is 22.0 Å². The van der Waals surface area contributed by atoms with Crippen LogP contribution in [0.1, 0.15) is 114 Å². The zero-order valence-corrected chi connectivity index (χ0v) is 34.6. The minimum Gasteiger partial charge on any atom is -0.490 e. The molecule has 4 aliphatic rings. The molecule has 1 saturated heterocycles. The Balaban J connectivity index is 0.738. The number of aromatic nitrogens is 6. The summed E-state index contributed by atoms with van der Waals surface area (Å²) < 4.78 is 14.7. The molecule has 15 heteroatoms. The first-order chi connectivity index (χ1) is 28.1. The molecule has 2 aliphatic carbocycles. The van der Waals surface area contributed by atoms with E-state index in [1.54, 1.807) is 35.6 Å². The molecule has 0 radical (unpaired) electrons. The van der Waals surface area contributed by atoms with Crippen molar-refractivity contribution in [2.45, 2.75) is 103 Å². The van der Waals surface area contributed by atoms with Crippen molar-refractivity contribution in [3.63, 3.8) is 0 Å². The second kappa shape index (κ2) is 15.4. The van der Waals surface area contributed by atoms with Crippen molar-refractivity contribution >= 4 is 40.4 Å². The maximum atomic E-state index is 13.0. The smallest absolute Gasteiger partial charge is 0.272 e. The summed E-state index contributed by atoms with van der Waals surface area (Å²) in [7, 11) is 0. The average Bonchev–Trinajstić information content (AvgIpc) is 3.71. The number of pyridine rings is 1. The first kappa shape index (κ1) is 38.1. The molecule has 0 bridgehead atoms. The maximum absolute atomic E-state index is 13.0. The van der Waals surface area contributed by atoms with Crippen LogP contribution >= 0.6 is 22.9 Å². The summed E-state index contributed by atoms with van der Waals surface area (Å²) in [5.74, 6) is 3.73. The van der Waals surface area contributed by atoms with Gasteiger partial charge in [-0.2, -0.15) is 5.26 Å². The van der Waals surface area contributed by atoms with Crippen LogP contribution in [0.4, 0.5) is 5.82 Å². The van der Waals surface area contributed by atoms with E-state index in [1.807, 2.05) is 31.3 Å². The third kappa shape index (κ3) is 7.30. The Hall–Kier alpha value is -5.39. The molecular formula is C43H45ClN10O3S. The van der Waals surface area contributed by atoms with Crippen molar-refractivity contribution in [1.82, 2.24) is 35.3 Å². The largest absolute Gasteiger partial charge is 0.490 e. The molecule has 3 fully saturated rings. The van der Waals surface area contributed by atoms with Crippen LogP contribution in [-0.4, -0.2) is 72.9 Å². The highest BCUT2D eigenvalue weighted by molar-refractivity contribution is 7.15. The minimum absolute atomic E-state index is 0.0333. The summed E-state index contributed by atoms with van der Waals surface area (Å²) in [5, 5.41) is 31.3. The van der Waals surface area contributed by atoms with E-state index in [0.717, 1.165) is 110 Å². The minimum atomic E-state index is -0.207. The molecule has 298 valence electrons. The predicted molar refractivity (Wildman–Crippen MR) is 222 cm³/mol. The number of rotatable bonds is 8. The van der Waals surface area contributed by atoms with E-state index in [1.165, 1.54) is 10.4 Å². The zero-order valence-electron chi connectivity index (χ0n) is 33.0. The quantitative estimate of drug-likeness (QED) is 0.164. The van der Waals surface area contributed by atoms with Crippen molar-refractivity contribution in [3.8, 4) is 22.6 Å². The molecule has 13 nitrogen and oxygen atoms in total. The van der Waals surface area contributed by atoms with Gasteiger partial charge >= 0.3 is 0 Å². The molecule has 2 aliphatic heterocycles. The number of anilines is 1. The normalized spacial score (nSPS) is 21.2. The van der Waals surface area contributed by atoms with Gasteiger partial charge < -0.3 is 19.7 Å². The van der Waals surface area contributed by atoms with Gasteiger partial charge in [-0.3, -0.25) is 19.3 Å². The highest BCUT2D eigenvalue weighted by Gasteiger charge is 2.47. The summed E-state index contributed by atoms with van der Waals surface area (Å²) in [6.07, 6.45) is 9.40. The van der Waals surface area contributed by atoms with Crippen molar-refractivity contribution < 1.29 is 14.3 Å². The monoisotopic (exact) mass is 816 g/mol. The van der Waals surface area contributed by atoms with Gasteiger partial charge in [0.05, 0.1) is 40.4 Å². The van der Waals surface area contributed by atoms with E-state index in [2.05, 4.69) is 62.0 Å². The van der Waals surface area contributed by atoms with Crippen molar-refractivity contribution in [2.24, 2.45) is 10.4 Å². The Bertz CT molecular complexity index is 2420. The molecule has 1 spiro atoms. The number of aliphatic imine (C=N–C) groups is 1. The number of nitrogens with zero attached hydrogens (tertiary/aromatic N) is 9.